The minimum absolute atomic E-state index is 0.136. The van der Waals surface area contributed by atoms with Crippen molar-refractivity contribution in [2.24, 2.45) is 0 Å². The lowest BCUT2D eigenvalue weighted by molar-refractivity contribution is 0.302. The third-order valence-electron chi connectivity index (χ3n) is 3.03. The van der Waals surface area contributed by atoms with Crippen LogP contribution in [0.1, 0.15) is 44.0 Å². The lowest BCUT2D eigenvalue weighted by Crippen LogP contribution is -2.34. The van der Waals surface area contributed by atoms with Crippen LogP contribution in [-0.4, -0.2) is 10.5 Å². The van der Waals surface area contributed by atoms with Gasteiger partial charge in [-0.1, -0.05) is 19.1 Å². The topological polar surface area (TPSA) is 34.1 Å². The average Bonchev–Trinajstić information content (AvgIpc) is 2.91. The van der Waals surface area contributed by atoms with Crippen molar-refractivity contribution in [2.45, 2.75) is 52.8 Å². The van der Waals surface area contributed by atoms with E-state index in [4.69, 9.17) is 4.74 Å². The van der Waals surface area contributed by atoms with Crippen molar-refractivity contribution >= 4 is 11.3 Å². The Morgan fingerprint density at radius 3 is 2.48 bits per heavy atom. The molecule has 1 aromatic heterocycles. The summed E-state index contributed by atoms with van der Waals surface area (Å²) in [5.41, 5.74) is 2.41. The number of rotatable bonds is 6. The number of nitrogens with zero attached hydrogens (tertiary/aromatic N) is 1. The van der Waals surface area contributed by atoms with Crippen LogP contribution in [-0.2, 0) is 19.6 Å². The Bertz CT molecular complexity index is 555. The first-order chi connectivity index (χ1) is 9.96. The molecule has 1 heterocycles. The summed E-state index contributed by atoms with van der Waals surface area (Å²) in [5, 5.41) is 6.71. The SMILES string of the molecule is CCc1nc(COc2ccc(CNC(C)(C)C)cc2)cs1. The molecule has 2 rings (SSSR count). The van der Waals surface area contributed by atoms with E-state index >= 15 is 0 Å². The van der Waals surface area contributed by atoms with E-state index in [9.17, 15) is 0 Å². The smallest absolute Gasteiger partial charge is 0.131 e. The first kappa shape index (κ1) is 16.0. The van der Waals surface area contributed by atoms with E-state index in [2.05, 4.69) is 55.5 Å². The predicted octanol–water partition coefficient (Wildman–Crippen LogP) is 4.17. The molecular weight excluding hydrogens is 280 g/mol. The van der Waals surface area contributed by atoms with Crippen molar-refractivity contribution in [3.05, 3.63) is 45.9 Å². The predicted molar refractivity (Wildman–Crippen MR) is 88.9 cm³/mol. The summed E-state index contributed by atoms with van der Waals surface area (Å²) in [4.78, 5) is 4.50. The molecule has 1 aromatic carbocycles. The second-order valence-corrected chi connectivity index (χ2v) is 7.06. The number of hydrogen-bond donors (Lipinski definition) is 1. The molecular formula is C17H24N2OS. The summed E-state index contributed by atoms with van der Waals surface area (Å²) in [6, 6.07) is 8.25. The molecule has 0 unspecified atom stereocenters. The summed E-state index contributed by atoms with van der Waals surface area (Å²) in [6.45, 7) is 10.0. The summed E-state index contributed by atoms with van der Waals surface area (Å²) < 4.78 is 5.77. The van der Waals surface area contributed by atoms with Crippen LogP contribution in [0.25, 0.3) is 0 Å². The first-order valence-electron chi connectivity index (χ1n) is 7.36. The van der Waals surface area contributed by atoms with Crippen molar-refractivity contribution < 1.29 is 4.74 Å². The van der Waals surface area contributed by atoms with E-state index in [0.717, 1.165) is 29.4 Å². The van der Waals surface area contributed by atoms with Crippen LogP contribution < -0.4 is 10.1 Å². The maximum absolute atomic E-state index is 5.77. The van der Waals surface area contributed by atoms with Gasteiger partial charge in [-0.3, -0.25) is 0 Å². The molecule has 21 heavy (non-hydrogen) atoms. The van der Waals surface area contributed by atoms with Crippen molar-refractivity contribution in [2.75, 3.05) is 0 Å². The molecule has 0 saturated heterocycles. The summed E-state index contributed by atoms with van der Waals surface area (Å²) in [6.07, 6.45) is 0.986. The third kappa shape index (κ3) is 5.48. The Kier molecular flexibility index (Phi) is 5.37. The van der Waals surface area contributed by atoms with Gasteiger partial charge in [-0.2, -0.15) is 0 Å². The highest BCUT2D eigenvalue weighted by molar-refractivity contribution is 7.09. The van der Waals surface area contributed by atoms with Gasteiger partial charge in [0.15, 0.2) is 0 Å². The fourth-order valence-corrected chi connectivity index (χ4v) is 2.54. The van der Waals surface area contributed by atoms with E-state index in [1.807, 2.05) is 12.1 Å². The van der Waals surface area contributed by atoms with Crippen LogP contribution in [0.2, 0.25) is 0 Å². The molecule has 114 valence electrons. The second-order valence-electron chi connectivity index (χ2n) is 6.12. The number of ether oxygens (including phenoxy) is 1. The highest BCUT2D eigenvalue weighted by atomic mass is 32.1. The van der Waals surface area contributed by atoms with E-state index in [1.165, 1.54) is 5.56 Å². The molecule has 0 bridgehead atoms. The fourth-order valence-electron chi connectivity index (χ4n) is 1.81. The van der Waals surface area contributed by atoms with E-state index in [1.54, 1.807) is 11.3 Å². The average molecular weight is 304 g/mol. The van der Waals surface area contributed by atoms with Crippen LogP contribution in [0.4, 0.5) is 0 Å². The highest BCUT2D eigenvalue weighted by Gasteiger charge is 2.08. The molecule has 4 heteroatoms. The standard InChI is InChI=1S/C17H24N2OS/c1-5-16-19-14(12-21-16)11-20-15-8-6-13(7-9-15)10-18-17(2,3)4/h6-9,12,18H,5,10-11H2,1-4H3. The monoisotopic (exact) mass is 304 g/mol. The second kappa shape index (κ2) is 7.05. The third-order valence-corrected chi connectivity index (χ3v) is 4.08. The number of thiazole rings is 1. The van der Waals surface area contributed by atoms with Crippen LogP contribution in [0, 0.1) is 0 Å². The molecule has 0 amide bonds. The fraction of sp³-hybridized carbons (Fsp3) is 0.471. The Morgan fingerprint density at radius 1 is 1.19 bits per heavy atom. The van der Waals surface area contributed by atoms with E-state index in [-0.39, 0.29) is 5.54 Å². The van der Waals surface area contributed by atoms with Crippen LogP contribution in [0.5, 0.6) is 5.75 Å². The van der Waals surface area contributed by atoms with Crippen molar-refractivity contribution in [1.82, 2.24) is 10.3 Å². The molecule has 0 aliphatic rings. The van der Waals surface area contributed by atoms with Crippen LogP contribution in [0.3, 0.4) is 0 Å². The van der Waals surface area contributed by atoms with Crippen molar-refractivity contribution in [1.29, 1.82) is 0 Å². The Hall–Kier alpha value is -1.39. The number of benzene rings is 1. The molecule has 0 spiro atoms. The van der Waals surface area contributed by atoms with Gasteiger partial charge in [0.1, 0.15) is 12.4 Å². The maximum Gasteiger partial charge on any atom is 0.131 e. The molecule has 0 fully saturated rings. The lowest BCUT2D eigenvalue weighted by Gasteiger charge is -2.20. The molecule has 1 N–H and O–H groups in total. The van der Waals surface area contributed by atoms with Gasteiger partial charge < -0.3 is 10.1 Å². The van der Waals surface area contributed by atoms with Crippen LogP contribution in [0.15, 0.2) is 29.6 Å². The number of aromatic nitrogens is 1. The van der Waals surface area contributed by atoms with Crippen LogP contribution >= 0.6 is 11.3 Å². The largest absolute Gasteiger partial charge is 0.487 e. The molecule has 0 radical (unpaired) electrons. The molecule has 2 aromatic rings. The highest BCUT2D eigenvalue weighted by Crippen LogP contribution is 2.16. The van der Waals surface area contributed by atoms with Gasteiger partial charge in [0.05, 0.1) is 10.7 Å². The summed E-state index contributed by atoms with van der Waals surface area (Å²) in [5.74, 6) is 0.889. The van der Waals surface area contributed by atoms with Crippen molar-refractivity contribution in [3.8, 4) is 5.75 Å². The lowest BCUT2D eigenvalue weighted by atomic mass is 10.1. The molecule has 3 nitrogen and oxygen atoms in total. The number of aryl methyl sites for hydroxylation is 1. The normalized spacial score (nSPS) is 11.6. The Morgan fingerprint density at radius 2 is 1.90 bits per heavy atom. The molecule has 0 aliphatic carbocycles. The van der Waals surface area contributed by atoms with Gasteiger partial charge in [-0.05, 0) is 44.9 Å². The Labute approximate surface area is 131 Å². The zero-order chi connectivity index (χ0) is 15.3. The van der Waals surface area contributed by atoms with Gasteiger partial charge >= 0.3 is 0 Å². The maximum atomic E-state index is 5.77. The van der Waals surface area contributed by atoms with Gasteiger partial charge in [0, 0.05) is 17.5 Å². The van der Waals surface area contributed by atoms with Gasteiger partial charge in [0.25, 0.3) is 0 Å². The minimum atomic E-state index is 0.136. The quantitative estimate of drug-likeness (QED) is 0.869. The van der Waals surface area contributed by atoms with Crippen molar-refractivity contribution in [3.63, 3.8) is 0 Å². The van der Waals surface area contributed by atoms with Gasteiger partial charge in [-0.25, -0.2) is 4.98 Å². The molecule has 0 atom stereocenters. The number of hydrogen-bond acceptors (Lipinski definition) is 4. The molecule has 0 aliphatic heterocycles. The van der Waals surface area contributed by atoms with Gasteiger partial charge in [-0.15, -0.1) is 11.3 Å². The van der Waals surface area contributed by atoms with E-state index < -0.39 is 0 Å². The summed E-state index contributed by atoms with van der Waals surface area (Å²) in [7, 11) is 0. The number of nitrogens with one attached hydrogen (secondary N) is 1. The zero-order valence-electron chi connectivity index (χ0n) is 13.3. The first-order valence-corrected chi connectivity index (χ1v) is 8.24. The molecule has 0 saturated carbocycles. The van der Waals surface area contributed by atoms with E-state index in [0.29, 0.717) is 6.61 Å². The summed E-state index contributed by atoms with van der Waals surface area (Å²) >= 11 is 1.70. The van der Waals surface area contributed by atoms with Gasteiger partial charge in [0.2, 0.25) is 0 Å². The minimum Gasteiger partial charge on any atom is -0.487 e. The Balaban J connectivity index is 1.84. The zero-order valence-corrected chi connectivity index (χ0v) is 14.1.